The number of carbonyl (C=O) groups is 1. The van der Waals surface area contributed by atoms with Gasteiger partial charge in [-0.15, -0.1) is 0 Å². The van der Waals surface area contributed by atoms with Crippen molar-refractivity contribution in [3.63, 3.8) is 0 Å². The first kappa shape index (κ1) is 13.8. The van der Waals surface area contributed by atoms with E-state index in [0.29, 0.717) is 5.52 Å². The topological polar surface area (TPSA) is 157 Å². The number of aliphatic hydroxyl groups is 3. The van der Waals surface area contributed by atoms with Crippen LogP contribution in [-0.4, -0.2) is 65.5 Å². The number of aliphatic hydroxyl groups excluding tert-OH is 3. The van der Waals surface area contributed by atoms with Gasteiger partial charge in [0.15, 0.2) is 29.6 Å². The Morgan fingerprint density at radius 1 is 1.43 bits per heavy atom. The van der Waals surface area contributed by atoms with E-state index < -0.39 is 30.6 Å². The summed E-state index contributed by atoms with van der Waals surface area (Å²) in [5, 5.41) is 29.3. The van der Waals surface area contributed by atoms with E-state index >= 15 is 0 Å². The summed E-state index contributed by atoms with van der Waals surface area (Å²) < 4.78 is 6.69. The van der Waals surface area contributed by atoms with Crippen LogP contribution in [0.3, 0.4) is 0 Å². The van der Waals surface area contributed by atoms with Gasteiger partial charge in [-0.2, -0.15) is 0 Å². The van der Waals surface area contributed by atoms with Crippen molar-refractivity contribution in [1.29, 1.82) is 0 Å². The van der Waals surface area contributed by atoms with Crippen molar-refractivity contribution in [2.24, 2.45) is 0 Å². The molecule has 1 fully saturated rings. The summed E-state index contributed by atoms with van der Waals surface area (Å²) in [4.78, 5) is 22.9. The molecule has 0 aromatic carbocycles. The number of aldehydes is 1. The van der Waals surface area contributed by atoms with Crippen molar-refractivity contribution in [3.8, 4) is 0 Å². The smallest absolute Gasteiger partial charge is 0.177 e. The van der Waals surface area contributed by atoms with E-state index in [1.54, 1.807) is 0 Å². The van der Waals surface area contributed by atoms with Crippen molar-refractivity contribution < 1.29 is 24.9 Å². The van der Waals surface area contributed by atoms with Crippen LogP contribution in [0.1, 0.15) is 6.23 Å². The molecule has 0 saturated carbocycles. The Kier molecular flexibility index (Phi) is 3.10. The molecule has 0 radical (unpaired) electrons. The first-order chi connectivity index (χ1) is 10.0. The van der Waals surface area contributed by atoms with Crippen molar-refractivity contribution in [1.82, 2.24) is 19.5 Å². The third-order valence-corrected chi connectivity index (χ3v) is 3.56. The van der Waals surface area contributed by atoms with Gasteiger partial charge >= 0.3 is 0 Å². The Labute approximate surface area is 117 Å². The highest BCUT2D eigenvalue weighted by atomic mass is 16.6. The summed E-state index contributed by atoms with van der Waals surface area (Å²) in [5.74, 6) is 0.149. The third kappa shape index (κ3) is 1.81. The molecule has 3 heterocycles. The minimum atomic E-state index is -1.89. The number of carbonyl (C=O) groups excluding carboxylic acids is 1. The molecule has 21 heavy (non-hydrogen) atoms. The quantitative estimate of drug-likeness (QED) is 0.453. The van der Waals surface area contributed by atoms with E-state index in [9.17, 15) is 20.1 Å². The monoisotopic (exact) mass is 295 g/mol. The summed E-state index contributed by atoms with van der Waals surface area (Å²) in [6.45, 7) is -0.769. The summed E-state index contributed by atoms with van der Waals surface area (Å²) >= 11 is 0. The van der Waals surface area contributed by atoms with Gasteiger partial charge in [0.1, 0.15) is 24.1 Å². The van der Waals surface area contributed by atoms with Crippen LogP contribution in [0.5, 0.6) is 0 Å². The molecule has 4 atom stereocenters. The Morgan fingerprint density at radius 3 is 2.81 bits per heavy atom. The first-order valence-corrected chi connectivity index (χ1v) is 6.08. The number of ether oxygens (including phenoxy) is 1. The number of hydrogen-bond acceptors (Lipinski definition) is 9. The average molecular weight is 295 g/mol. The summed E-state index contributed by atoms with van der Waals surface area (Å²) in [7, 11) is 0. The number of hydrogen-bond donors (Lipinski definition) is 4. The van der Waals surface area contributed by atoms with Gasteiger partial charge in [-0.05, 0) is 0 Å². The zero-order chi connectivity index (χ0) is 15.2. The largest absolute Gasteiger partial charge is 0.393 e. The van der Waals surface area contributed by atoms with E-state index in [0.717, 1.165) is 0 Å². The maximum Gasteiger partial charge on any atom is 0.177 e. The van der Waals surface area contributed by atoms with Gasteiger partial charge in [0, 0.05) is 0 Å². The second-order valence-corrected chi connectivity index (χ2v) is 4.76. The van der Waals surface area contributed by atoms with Crippen LogP contribution >= 0.6 is 0 Å². The fourth-order valence-electron chi connectivity index (χ4n) is 2.35. The normalized spacial score (nSPS) is 32.6. The van der Waals surface area contributed by atoms with E-state index in [1.165, 1.54) is 17.2 Å². The number of rotatable bonds is 3. The van der Waals surface area contributed by atoms with Crippen molar-refractivity contribution in [2.75, 3.05) is 12.3 Å². The maximum atomic E-state index is 11.1. The summed E-state index contributed by atoms with van der Waals surface area (Å²) in [6.07, 6.45) is -1.39. The molecular formula is C11H13N5O5. The first-order valence-electron chi connectivity index (χ1n) is 6.08. The van der Waals surface area contributed by atoms with Gasteiger partial charge in [0.25, 0.3) is 0 Å². The number of nitrogen functional groups attached to an aromatic ring is 1. The van der Waals surface area contributed by atoms with Crippen LogP contribution in [0.4, 0.5) is 5.82 Å². The lowest BCUT2D eigenvalue weighted by atomic mass is 9.98. The molecule has 3 rings (SSSR count). The fourth-order valence-corrected chi connectivity index (χ4v) is 2.35. The van der Waals surface area contributed by atoms with E-state index in [2.05, 4.69) is 15.0 Å². The van der Waals surface area contributed by atoms with Gasteiger partial charge in [-0.3, -0.25) is 9.36 Å². The number of aromatic nitrogens is 4. The lowest BCUT2D eigenvalue weighted by Crippen LogP contribution is -2.47. The third-order valence-electron chi connectivity index (χ3n) is 3.56. The van der Waals surface area contributed by atoms with Gasteiger partial charge in [0.05, 0.1) is 12.9 Å². The van der Waals surface area contributed by atoms with Crippen LogP contribution in [0.25, 0.3) is 11.2 Å². The number of anilines is 1. The minimum Gasteiger partial charge on any atom is -0.393 e. The number of fused-ring (bicyclic) bond motifs is 1. The van der Waals surface area contributed by atoms with Crippen LogP contribution in [0.2, 0.25) is 0 Å². The SMILES string of the molecule is Nc1ncnc2c1ncn2[C@@H]1O[C@](C=O)(CO)[C@@H](O)[C@H]1O. The second kappa shape index (κ2) is 4.70. The molecule has 0 aliphatic carbocycles. The highest BCUT2D eigenvalue weighted by molar-refractivity contribution is 5.81. The van der Waals surface area contributed by atoms with E-state index in [4.69, 9.17) is 10.5 Å². The highest BCUT2D eigenvalue weighted by Crippen LogP contribution is 2.37. The molecule has 0 bridgehead atoms. The molecule has 1 aliphatic rings. The number of nitrogens with two attached hydrogens (primary N) is 1. The van der Waals surface area contributed by atoms with Gasteiger partial charge < -0.3 is 25.8 Å². The highest BCUT2D eigenvalue weighted by Gasteiger charge is 2.55. The standard InChI is InChI=1S/C11H13N5O5/c12-8-5-9(14-3-13-8)16(4-15-5)10-6(19)7(20)11(1-17,2-18)21-10/h1,3-4,6-7,10,18-20H,2H2,(H2,12,13,14)/t6-,7+,10-,11-/m1/s1. The van der Waals surface area contributed by atoms with Crippen molar-refractivity contribution >= 4 is 23.3 Å². The van der Waals surface area contributed by atoms with Crippen molar-refractivity contribution in [2.45, 2.75) is 24.0 Å². The summed E-state index contributed by atoms with van der Waals surface area (Å²) in [5.41, 5.74) is 4.35. The van der Waals surface area contributed by atoms with E-state index in [-0.39, 0.29) is 17.8 Å². The molecule has 10 nitrogen and oxygen atoms in total. The van der Waals surface area contributed by atoms with Crippen LogP contribution in [0.15, 0.2) is 12.7 Å². The fraction of sp³-hybridized carbons (Fsp3) is 0.455. The van der Waals surface area contributed by atoms with Crippen LogP contribution in [-0.2, 0) is 9.53 Å². The average Bonchev–Trinajstić information content (AvgIpc) is 3.02. The summed E-state index contributed by atoms with van der Waals surface area (Å²) in [6, 6.07) is 0. The van der Waals surface area contributed by atoms with Gasteiger partial charge in [-0.25, -0.2) is 15.0 Å². The molecular weight excluding hydrogens is 282 g/mol. The predicted molar refractivity (Wildman–Crippen MR) is 67.8 cm³/mol. The molecule has 10 heteroatoms. The Bertz CT molecular complexity index is 691. The molecule has 0 unspecified atom stereocenters. The molecule has 0 amide bonds. The molecule has 0 spiro atoms. The Hall–Kier alpha value is -2.14. The molecule has 1 aliphatic heterocycles. The zero-order valence-corrected chi connectivity index (χ0v) is 10.7. The molecule has 2 aromatic heterocycles. The van der Waals surface area contributed by atoms with Gasteiger partial charge in [0.2, 0.25) is 0 Å². The predicted octanol–water partition coefficient (Wildman–Crippen LogP) is -2.41. The van der Waals surface area contributed by atoms with Gasteiger partial charge in [-0.1, -0.05) is 0 Å². The molecule has 1 saturated heterocycles. The molecule has 2 aromatic rings. The zero-order valence-electron chi connectivity index (χ0n) is 10.7. The molecule has 5 N–H and O–H groups in total. The van der Waals surface area contributed by atoms with Crippen LogP contribution < -0.4 is 5.73 Å². The number of imidazole rings is 1. The van der Waals surface area contributed by atoms with Crippen molar-refractivity contribution in [3.05, 3.63) is 12.7 Å². The molecule has 112 valence electrons. The lowest BCUT2D eigenvalue weighted by molar-refractivity contribution is -0.151. The maximum absolute atomic E-state index is 11.1. The Morgan fingerprint density at radius 2 is 2.19 bits per heavy atom. The lowest BCUT2D eigenvalue weighted by Gasteiger charge is -2.22. The van der Waals surface area contributed by atoms with Crippen LogP contribution in [0, 0.1) is 0 Å². The number of nitrogens with zero attached hydrogens (tertiary/aromatic N) is 4. The minimum absolute atomic E-state index is 0.149. The second-order valence-electron chi connectivity index (χ2n) is 4.76. The Balaban J connectivity index is 2.08. The van der Waals surface area contributed by atoms with E-state index in [1.807, 2.05) is 0 Å².